The Bertz CT molecular complexity index is 393. The van der Waals surface area contributed by atoms with Crippen molar-refractivity contribution in [2.75, 3.05) is 27.2 Å². The molecule has 0 amide bonds. The topological polar surface area (TPSA) is 62.3 Å². The summed E-state index contributed by atoms with van der Waals surface area (Å²) in [6, 6.07) is 5.12. The minimum absolute atomic E-state index is 0.00561. The molecule has 5 heteroatoms. The lowest BCUT2D eigenvalue weighted by molar-refractivity contribution is 0.282. The van der Waals surface area contributed by atoms with Crippen LogP contribution in [0.15, 0.2) is 18.2 Å². The van der Waals surface area contributed by atoms with Crippen LogP contribution in [0.3, 0.4) is 0 Å². The van der Waals surface area contributed by atoms with Crippen LogP contribution in [0, 0.1) is 5.41 Å². The Morgan fingerprint density at radius 3 is 2.71 bits per heavy atom. The first-order chi connectivity index (χ1) is 8.00. The highest BCUT2D eigenvalue weighted by Crippen LogP contribution is 2.25. The highest BCUT2D eigenvalue weighted by molar-refractivity contribution is 6.32. The molecule has 1 rings (SSSR count). The zero-order chi connectivity index (χ0) is 12.8. The summed E-state index contributed by atoms with van der Waals surface area (Å²) in [5.74, 6) is 0.640. The van der Waals surface area contributed by atoms with Gasteiger partial charge in [0.1, 0.15) is 11.6 Å². The van der Waals surface area contributed by atoms with E-state index in [0.29, 0.717) is 22.9 Å². The Hall–Kier alpha value is -1.26. The first-order valence-electron chi connectivity index (χ1n) is 5.42. The number of hydrogen-bond acceptors (Lipinski definition) is 3. The fraction of sp³-hybridized carbons (Fsp3) is 0.417. The van der Waals surface area contributed by atoms with Crippen LogP contribution in [0.4, 0.5) is 0 Å². The molecule has 94 valence electrons. The lowest BCUT2D eigenvalue weighted by atomic mass is 10.2. The van der Waals surface area contributed by atoms with E-state index >= 15 is 0 Å². The molecule has 0 spiro atoms. The third kappa shape index (κ3) is 4.63. The Morgan fingerprint density at radius 2 is 2.18 bits per heavy atom. The maximum Gasteiger partial charge on any atom is 0.137 e. The number of nitrogen functional groups attached to an aromatic ring is 1. The minimum Gasteiger partial charge on any atom is -0.492 e. The summed E-state index contributed by atoms with van der Waals surface area (Å²) in [6.07, 6.45) is 0.942. The van der Waals surface area contributed by atoms with Crippen LogP contribution in [0.5, 0.6) is 5.75 Å². The fourth-order valence-corrected chi connectivity index (χ4v) is 1.58. The van der Waals surface area contributed by atoms with Crippen LogP contribution in [0.1, 0.15) is 12.0 Å². The Labute approximate surface area is 107 Å². The van der Waals surface area contributed by atoms with Crippen LogP contribution in [0.2, 0.25) is 5.02 Å². The molecule has 0 heterocycles. The van der Waals surface area contributed by atoms with Gasteiger partial charge in [0.2, 0.25) is 0 Å². The van der Waals surface area contributed by atoms with Crippen LogP contribution in [-0.4, -0.2) is 38.0 Å². The highest BCUT2D eigenvalue weighted by Gasteiger charge is 2.04. The van der Waals surface area contributed by atoms with Crippen molar-refractivity contribution in [1.82, 2.24) is 4.90 Å². The molecular weight excluding hydrogens is 238 g/mol. The van der Waals surface area contributed by atoms with Gasteiger partial charge in [-0.25, -0.2) is 0 Å². The molecule has 1 aromatic rings. The second-order valence-corrected chi connectivity index (χ2v) is 4.47. The number of rotatable bonds is 6. The molecule has 0 saturated carbocycles. The van der Waals surface area contributed by atoms with E-state index in [0.717, 1.165) is 13.0 Å². The zero-order valence-electron chi connectivity index (χ0n) is 10.2. The molecule has 0 unspecified atom stereocenters. The van der Waals surface area contributed by atoms with Gasteiger partial charge < -0.3 is 15.4 Å². The molecular formula is C12H18ClN3O. The van der Waals surface area contributed by atoms with Crippen molar-refractivity contribution in [1.29, 1.82) is 5.41 Å². The number of halogens is 1. The van der Waals surface area contributed by atoms with Gasteiger partial charge in [0.25, 0.3) is 0 Å². The normalized spacial score (nSPS) is 10.6. The van der Waals surface area contributed by atoms with Crippen molar-refractivity contribution < 1.29 is 4.74 Å². The van der Waals surface area contributed by atoms with E-state index in [1.807, 2.05) is 14.1 Å². The van der Waals surface area contributed by atoms with E-state index in [1.54, 1.807) is 18.2 Å². The van der Waals surface area contributed by atoms with Gasteiger partial charge in [0.15, 0.2) is 0 Å². The van der Waals surface area contributed by atoms with E-state index in [1.165, 1.54) is 0 Å². The summed E-state index contributed by atoms with van der Waals surface area (Å²) < 4.78 is 5.55. The average Bonchev–Trinajstić information content (AvgIpc) is 2.25. The molecule has 3 N–H and O–H groups in total. The Balaban J connectivity index is 2.52. The van der Waals surface area contributed by atoms with Gasteiger partial charge >= 0.3 is 0 Å². The van der Waals surface area contributed by atoms with Crippen molar-refractivity contribution in [3.05, 3.63) is 28.8 Å². The van der Waals surface area contributed by atoms with E-state index in [2.05, 4.69) is 4.90 Å². The summed E-state index contributed by atoms with van der Waals surface area (Å²) in [5, 5.41) is 7.78. The number of benzene rings is 1. The Kier molecular flexibility index (Phi) is 5.25. The SMILES string of the molecule is CN(C)CCCOc1ccc(C(=N)N)cc1Cl. The van der Waals surface area contributed by atoms with Crippen molar-refractivity contribution in [2.24, 2.45) is 5.73 Å². The second-order valence-electron chi connectivity index (χ2n) is 4.06. The molecule has 0 aromatic heterocycles. The van der Waals surface area contributed by atoms with Crippen LogP contribution in [0.25, 0.3) is 0 Å². The first-order valence-corrected chi connectivity index (χ1v) is 5.80. The number of amidine groups is 1. The van der Waals surface area contributed by atoms with Crippen LogP contribution in [-0.2, 0) is 0 Å². The molecule has 1 aromatic carbocycles. The van der Waals surface area contributed by atoms with E-state index in [-0.39, 0.29) is 5.84 Å². The lowest BCUT2D eigenvalue weighted by Gasteiger charge is -2.11. The van der Waals surface area contributed by atoms with Crippen LogP contribution < -0.4 is 10.5 Å². The Morgan fingerprint density at radius 1 is 1.47 bits per heavy atom. The van der Waals surface area contributed by atoms with Crippen molar-refractivity contribution in [3.63, 3.8) is 0 Å². The maximum absolute atomic E-state index is 7.29. The number of ether oxygens (including phenoxy) is 1. The van der Waals surface area contributed by atoms with Crippen molar-refractivity contribution in [2.45, 2.75) is 6.42 Å². The molecule has 0 radical (unpaired) electrons. The largest absolute Gasteiger partial charge is 0.492 e. The summed E-state index contributed by atoms with van der Waals surface area (Å²) in [5.41, 5.74) is 5.97. The molecule has 0 aliphatic rings. The highest BCUT2D eigenvalue weighted by atomic mass is 35.5. The third-order valence-electron chi connectivity index (χ3n) is 2.25. The van der Waals surface area contributed by atoms with Gasteiger partial charge in [-0.05, 0) is 38.7 Å². The predicted molar refractivity (Wildman–Crippen MR) is 71.1 cm³/mol. The quantitative estimate of drug-likeness (QED) is 0.464. The number of nitrogens with one attached hydrogen (secondary N) is 1. The molecule has 0 bridgehead atoms. The molecule has 0 saturated heterocycles. The second kappa shape index (κ2) is 6.47. The van der Waals surface area contributed by atoms with Gasteiger partial charge in [-0.15, -0.1) is 0 Å². The predicted octanol–water partition coefficient (Wildman–Crippen LogP) is 1.95. The summed E-state index contributed by atoms with van der Waals surface area (Å²) in [4.78, 5) is 2.10. The van der Waals surface area contributed by atoms with Gasteiger partial charge in [-0.1, -0.05) is 11.6 Å². The van der Waals surface area contributed by atoms with Crippen LogP contribution >= 0.6 is 11.6 Å². The minimum atomic E-state index is 0.00561. The smallest absolute Gasteiger partial charge is 0.137 e. The van der Waals surface area contributed by atoms with Gasteiger partial charge in [0, 0.05) is 12.1 Å². The maximum atomic E-state index is 7.29. The number of nitrogens with zero attached hydrogens (tertiary/aromatic N) is 1. The average molecular weight is 256 g/mol. The number of nitrogens with two attached hydrogens (primary N) is 1. The molecule has 0 fully saturated rings. The molecule has 0 atom stereocenters. The molecule has 0 aliphatic heterocycles. The van der Waals surface area contributed by atoms with Crippen molar-refractivity contribution in [3.8, 4) is 5.75 Å². The number of hydrogen-bond donors (Lipinski definition) is 2. The van der Waals surface area contributed by atoms with Gasteiger partial charge in [-0.3, -0.25) is 5.41 Å². The van der Waals surface area contributed by atoms with E-state index in [9.17, 15) is 0 Å². The third-order valence-corrected chi connectivity index (χ3v) is 2.55. The summed E-state index contributed by atoms with van der Waals surface area (Å²) >= 11 is 6.03. The van der Waals surface area contributed by atoms with Gasteiger partial charge in [0.05, 0.1) is 11.6 Å². The summed E-state index contributed by atoms with van der Waals surface area (Å²) in [6.45, 7) is 1.60. The van der Waals surface area contributed by atoms with Crippen molar-refractivity contribution >= 4 is 17.4 Å². The zero-order valence-corrected chi connectivity index (χ0v) is 10.9. The van der Waals surface area contributed by atoms with E-state index < -0.39 is 0 Å². The monoisotopic (exact) mass is 255 g/mol. The molecule has 4 nitrogen and oxygen atoms in total. The fourth-order valence-electron chi connectivity index (χ4n) is 1.35. The lowest BCUT2D eigenvalue weighted by Crippen LogP contribution is -2.15. The molecule has 0 aliphatic carbocycles. The van der Waals surface area contributed by atoms with E-state index in [4.69, 9.17) is 27.5 Å². The first kappa shape index (κ1) is 13.8. The standard InChI is InChI=1S/C12H18ClN3O/c1-16(2)6-3-7-17-11-5-4-9(12(14)15)8-10(11)13/h4-5,8H,3,6-7H2,1-2H3,(H3,14,15). The van der Waals surface area contributed by atoms with Gasteiger partial charge in [-0.2, -0.15) is 0 Å². The summed E-state index contributed by atoms with van der Waals surface area (Å²) in [7, 11) is 4.04. The molecule has 17 heavy (non-hydrogen) atoms.